The van der Waals surface area contributed by atoms with Crippen molar-refractivity contribution in [3.63, 3.8) is 0 Å². The molecule has 0 fully saturated rings. The van der Waals surface area contributed by atoms with Crippen LogP contribution in [0.2, 0.25) is 0 Å². The summed E-state index contributed by atoms with van der Waals surface area (Å²) in [4.78, 5) is 8.95. The van der Waals surface area contributed by atoms with Crippen molar-refractivity contribution in [1.82, 2.24) is 20.2 Å². The highest BCUT2D eigenvalue weighted by Crippen LogP contribution is 2.22. The van der Waals surface area contributed by atoms with E-state index in [-0.39, 0.29) is 0 Å². The molecule has 0 bridgehead atoms. The van der Waals surface area contributed by atoms with Gasteiger partial charge in [0.25, 0.3) is 0 Å². The topological polar surface area (TPSA) is 66.5 Å². The molecule has 4 rings (SSSR count). The van der Waals surface area contributed by atoms with Gasteiger partial charge in [-0.2, -0.15) is 5.10 Å². The van der Waals surface area contributed by atoms with Gasteiger partial charge in [0, 0.05) is 17.3 Å². The largest absolute Gasteiger partial charge is 0.349 e. The van der Waals surface area contributed by atoms with Gasteiger partial charge in [0.1, 0.15) is 0 Å². The summed E-state index contributed by atoms with van der Waals surface area (Å²) in [6.45, 7) is 2.66. The molecular weight excluding hydrogens is 322 g/mol. The minimum absolute atomic E-state index is 0.580. The first-order chi connectivity index (χ1) is 12.8. The Labute approximate surface area is 152 Å². The number of aromatic nitrogens is 4. The van der Waals surface area contributed by atoms with Gasteiger partial charge < -0.3 is 5.32 Å². The predicted molar refractivity (Wildman–Crippen MR) is 104 cm³/mol. The van der Waals surface area contributed by atoms with E-state index in [2.05, 4.69) is 44.5 Å². The molecule has 0 saturated carbocycles. The van der Waals surface area contributed by atoms with Gasteiger partial charge in [-0.05, 0) is 24.6 Å². The summed E-state index contributed by atoms with van der Waals surface area (Å²) >= 11 is 0. The molecule has 2 heterocycles. The Morgan fingerprint density at radius 1 is 0.923 bits per heavy atom. The van der Waals surface area contributed by atoms with E-state index in [1.54, 1.807) is 6.20 Å². The van der Waals surface area contributed by atoms with Crippen LogP contribution in [0.5, 0.6) is 0 Å². The second kappa shape index (κ2) is 7.19. The number of nitrogens with zero attached hydrogens (tertiary/aromatic N) is 3. The zero-order valence-corrected chi connectivity index (χ0v) is 14.5. The molecule has 0 amide bonds. The van der Waals surface area contributed by atoms with Crippen molar-refractivity contribution < 1.29 is 0 Å². The van der Waals surface area contributed by atoms with Crippen LogP contribution in [0.1, 0.15) is 11.3 Å². The van der Waals surface area contributed by atoms with Crippen molar-refractivity contribution in [2.45, 2.75) is 13.5 Å². The Morgan fingerprint density at radius 3 is 2.58 bits per heavy atom. The normalized spacial score (nSPS) is 10.7. The third-order valence-corrected chi connectivity index (χ3v) is 4.21. The fourth-order valence-electron chi connectivity index (χ4n) is 2.84. The van der Waals surface area contributed by atoms with Crippen molar-refractivity contribution in [2.24, 2.45) is 0 Å². The highest BCUT2D eigenvalue weighted by Gasteiger charge is 2.06. The quantitative estimate of drug-likeness (QED) is 0.563. The lowest BCUT2D eigenvalue weighted by Gasteiger charge is -2.07. The SMILES string of the molecule is Cc1ccccc1-c1ccnc(NCc2cc(-c3ccccc3)n[nH]2)n1. The molecule has 5 heteroatoms. The van der Waals surface area contributed by atoms with Gasteiger partial charge in [-0.3, -0.25) is 5.10 Å². The average Bonchev–Trinajstić information content (AvgIpc) is 3.17. The molecule has 4 aromatic rings. The number of benzene rings is 2. The maximum Gasteiger partial charge on any atom is 0.223 e. The van der Waals surface area contributed by atoms with Gasteiger partial charge in [0.2, 0.25) is 5.95 Å². The maximum absolute atomic E-state index is 4.63. The molecule has 0 aliphatic heterocycles. The molecule has 5 nitrogen and oxygen atoms in total. The second-order valence-corrected chi connectivity index (χ2v) is 6.08. The summed E-state index contributed by atoms with van der Waals surface area (Å²) in [6.07, 6.45) is 1.78. The molecular formula is C21H19N5. The van der Waals surface area contributed by atoms with Gasteiger partial charge in [-0.1, -0.05) is 54.6 Å². The number of aryl methyl sites for hydroxylation is 1. The molecule has 0 spiro atoms. The van der Waals surface area contributed by atoms with Crippen LogP contribution in [-0.4, -0.2) is 20.2 Å². The third kappa shape index (κ3) is 3.47. The Kier molecular flexibility index (Phi) is 4.43. The lowest BCUT2D eigenvalue weighted by atomic mass is 10.1. The molecule has 0 aliphatic rings. The summed E-state index contributed by atoms with van der Waals surface area (Å²) in [5, 5.41) is 10.7. The number of hydrogen-bond acceptors (Lipinski definition) is 4. The molecule has 2 N–H and O–H groups in total. The van der Waals surface area contributed by atoms with Crippen molar-refractivity contribution >= 4 is 5.95 Å². The van der Waals surface area contributed by atoms with Crippen LogP contribution in [0.3, 0.4) is 0 Å². The van der Waals surface area contributed by atoms with Crippen LogP contribution in [-0.2, 0) is 6.54 Å². The van der Waals surface area contributed by atoms with E-state index in [1.807, 2.05) is 54.6 Å². The van der Waals surface area contributed by atoms with Crippen molar-refractivity contribution in [3.05, 3.63) is 84.2 Å². The zero-order valence-electron chi connectivity index (χ0n) is 14.5. The highest BCUT2D eigenvalue weighted by molar-refractivity contribution is 5.64. The first-order valence-electron chi connectivity index (χ1n) is 8.52. The molecule has 128 valence electrons. The molecule has 0 unspecified atom stereocenters. The van der Waals surface area contributed by atoms with E-state index >= 15 is 0 Å². The van der Waals surface area contributed by atoms with Crippen LogP contribution in [0, 0.1) is 6.92 Å². The van der Waals surface area contributed by atoms with Gasteiger partial charge in [0.15, 0.2) is 0 Å². The van der Waals surface area contributed by atoms with E-state index in [9.17, 15) is 0 Å². The third-order valence-electron chi connectivity index (χ3n) is 4.21. The number of hydrogen-bond donors (Lipinski definition) is 2. The summed E-state index contributed by atoms with van der Waals surface area (Å²) in [7, 11) is 0. The summed E-state index contributed by atoms with van der Waals surface area (Å²) in [6, 6.07) is 22.3. The van der Waals surface area contributed by atoms with Gasteiger partial charge in [-0.15, -0.1) is 0 Å². The number of aromatic amines is 1. The van der Waals surface area contributed by atoms with Crippen molar-refractivity contribution in [2.75, 3.05) is 5.32 Å². The van der Waals surface area contributed by atoms with E-state index in [0.29, 0.717) is 12.5 Å². The van der Waals surface area contributed by atoms with E-state index in [1.165, 1.54) is 5.56 Å². The summed E-state index contributed by atoms with van der Waals surface area (Å²) < 4.78 is 0. The van der Waals surface area contributed by atoms with Crippen LogP contribution in [0.4, 0.5) is 5.95 Å². The van der Waals surface area contributed by atoms with Crippen molar-refractivity contribution in [3.8, 4) is 22.5 Å². The van der Waals surface area contributed by atoms with Crippen molar-refractivity contribution in [1.29, 1.82) is 0 Å². The number of nitrogens with one attached hydrogen (secondary N) is 2. The molecule has 0 aliphatic carbocycles. The van der Waals surface area contributed by atoms with Crippen LogP contribution in [0.25, 0.3) is 22.5 Å². The summed E-state index contributed by atoms with van der Waals surface area (Å²) in [5.41, 5.74) is 6.22. The Bertz CT molecular complexity index is 1010. The van der Waals surface area contributed by atoms with Crippen LogP contribution < -0.4 is 5.32 Å². The highest BCUT2D eigenvalue weighted by atomic mass is 15.2. The number of H-pyrrole nitrogens is 1. The molecule has 0 atom stereocenters. The Hall–Kier alpha value is -3.47. The first kappa shape index (κ1) is 16.0. The predicted octanol–water partition coefficient (Wildman–Crippen LogP) is 4.45. The lowest BCUT2D eigenvalue weighted by Crippen LogP contribution is -2.04. The Balaban J connectivity index is 1.48. The first-order valence-corrected chi connectivity index (χ1v) is 8.52. The van der Waals surface area contributed by atoms with Crippen LogP contribution >= 0.6 is 0 Å². The van der Waals surface area contributed by atoms with E-state index in [4.69, 9.17) is 0 Å². The van der Waals surface area contributed by atoms with E-state index < -0.39 is 0 Å². The lowest BCUT2D eigenvalue weighted by molar-refractivity contribution is 0.963. The standard InChI is InChI=1S/C21H19N5/c1-15-7-5-6-10-18(15)19-11-12-22-21(24-19)23-14-17-13-20(26-25-17)16-8-3-2-4-9-16/h2-13H,14H2,1H3,(H,25,26)(H,22,23,24). The zero-order chi connectivity index (χ0) is 17.8. The molecule has 0 saturated heterocycles. The van der Waals surface area contributed by atoms with Crippen LogP contribution in [0.15, 0.2) is 72.9 Å². The van der Waals surface area contributed by atoms with E-state index in [0.717, 1.165) is 28.2 Å². The Morgan fingerprint density at radius 2 is 1.73 bits per heavy atom. The smallest absolute Gasteiger partial charge is 0.223 e. The monoisotopic (exact) mass is 341 g/mol. The van der Waals surface area contributed by atoms with Gasteiger partial charge in [-0.25, -0.2) is 9.97 Å². The molecule has 2 aromatic carbocycles. The minimum atomic E-state index is 0.580. The number of anilines is 1. The van der Waals surface area contributed by atoms with Gasteiger partial charge in [0.05, 0.1) is 23.6 Å². The maximum atomic E-state index is 4.63. The second-order valence-electron chi connectivity index (χ2n) is 6.08. The number of rotatable bonds is 5. The molecule has 2 aromatic heterocycles. The molecule has 26 heavy (non-hydrogen) atoms. The van der Waals surface area contributed by atoms with Gasteiger partial charge >= 0.3 is 0 Å². The average molecular weight is 341 g/mol. The molecule has 0 radical (unpaired) electrons. The fraction of sp³-hybridized carbons (Fsp3) is 0.0952. The fourth-order valence-corrected chi connectivity index (χ4v) is 2.84. The minimum Gasteiger partial charge on any atom is -0.349 e. The summed E-state index contributed by atoms with van der Waals surface area (Å²) in [5.74, 6) is 0.599.